The third-order valence-corrected chi connectivity index (χ3v) is 8.61. The summed E-state index contributed by atoms with van der Waals surface area (Å²) in [6.07, 6.45) is 5.53. The molecule has 4 aromatic rings. The van der Waals surface area contributed by atoms with Crippen LogP contribution in [0.5, 0.6) is 0 Å². The molecular weight excluding hydrogens is 498 g/mol. The fraction of sp³-hybridized carbons (Fsp3) is 0.290. The van der Waals surface area contributed by atoms with Crippen LogP contribution >= 0.6 is 11.6 Å². The molecule has 7 heteroatoms. The summed E-state index contributed by atoms with van der Waals surface area (Å²) in [5.41, 5.74) is 5.19. The van der Waals surface area contributed by atoms with Gasteiger partial charge in [0.2, 0.25) is 0 Å². The van der Waals surface area contributed by atoms with Gasteiger partial charge in [0, 0.05) is 17.4 Å². The number of carboxylic acid groups (broad SMARTS) is 1. The topological polar surface area (TPSA) is 96.0 Å². The monoisotopic (exact) mass is 523 g/mol. The second-order valence-electron chi connectivity index (χ2n) is 10.9. The molecule has 0 atom stereocenters. The lowest BCUT2D eigenvalue weighted by atomic mass is 9.47. The number of halogens is 1. The van der Waals surface area contributed by atoms with Gasteiger partial charge >= 0.3 is 5.97 Å². The van der Waals surface area contributed by atoms with Crippen molar-refractivity contribution >= 4 is 34.3 Å². The summed E-state index contributed by atoms with van der Waals surface area (Å²) in [6.45, 7) is 0.492. The molecule has 0 aliphatic heterocycles. The van der Waals surface area contributed by atoms with E-state index < -0.39 is 5.97 Å². The van der Waals surface area contributed by atoms with Gasteiger partial charge in [-0.25, -0.2) is 0 Å². The Labute approximate surface area is 225 Å². The van der Waals surface area contributed by atoms with Gasteiger partial charge in [-0.15, -0.1) is 0 Å². The first-order valence-electron chi connectivity index (χ1n) is 12.8. The van der Waals surface area contributed by atoms with Crippen LogP contribution in [-0.4, -0.2) is 26.6 Å². The first kappa shape index (κ1) is 24.4. The number of ketones is 1. The molecule has 0 radical (unpaired) electrons. The molecule has 0 saturated heterocycles. The Bertz CT molecular complexity index is 1600. The number of carbonyl (C=O) groups excluding carboxylic acids is 1. The van der Waals surface area contributed by atoms with Gasteiger partial charge in [0.1, 0.15) is 0 Å². The molecule has 2 aliphatic carbocycles. The van der Waals surface area contributed by atoms with E-state index in [2.05, 4.69) is 11.2 Å². The molecule has 190 valence electrons. The van der Waals surface area contributed by atoms with Crippen LogP contribution in [0, 0.1) is 28.6 Å². The van der Waals surface area contributed by atoms with Crippen molar-refractivity contribution in [2.75, 3.05) is 0 Å². The van der Waals surface area contributed by atoms with Gasteiger partial charge in [0.15, 0.2) is 5.78 Å². The predicted molar refractivity (Wildman–Crippen MR) is 145 cm³/mol. The van der Waals surface area contributed by atoms with Crippen molar-refractivity contribution in [3.05, 3.63) is 88.6 Å². The Hall–Kier alpha value is -3.95. The number of nitriles is 1. The van der Waals surface area contributed by atoms with Gasteiger partial charge in [0.25, 0.3) is 0 Å². The van der Waals surface area contributed by atoms with Gasteiger partial charge in [-0.3, -0.25) is 14.3 Å². The van der Waals surface area contributed by atoms with E-state index in [1.165, 1.54) is 0 Å². The Morgan fingerprint density at radius 3 is 2.53 bits per heavy atom. The minimum absolute atomic E-state index is 0.0788. The summed E-state index contributed by atoms with van der Waals surface area (Å²) in [6, 6.07) is 21.4. The summed E-state index contributed by atoms with van der Waals surface area (Å²) < 4.78 is 1.84. The maximum atomic E-state index is 13.4. The third-order valence-electron chi connectivity index (χ3n) is 8.29. The van der Waals surface area contributed by atoms with Crippen molar-refractivity contribution < 1.29 is 14.7 Å². The van der Waals surface area contributed by atoms with Crippen LogP contribution in [0.15, 0.2) is 66.9 Å². The van der Waals surface area contributed by atoms with Gasteiger partial charge in [-0.2, -0.15) is 10.4 Å². The van der Waals surface area contributed by atoms with E-state index in [0.29, 0.717) is 35.0 Å². The number of aromatic nitrogens is 2. The number of hydrogen-bond acceptors (Lipinski definition) is 4. The number of Topliss-reactive ketones (excluding diaryl/α,β-unsaturated/α-hetero) is 1. The molecule has 6 rings (SSSR count). The number of carbonyl (C=O) groups is 2. The van der Waals surface area contributed by atoms with Crippen LogP contribution < -0.4 is 0 Å². The SMILES string of the molecule is N#Cc1cccc(-c2ccc(Cn3ncc4c(Cl)ccc(C(=O)CC5CC6(C5)CC(C(=O)O)C6)c43)cc2)c1. The molecule has 1 spiro atoms. The van der Waals surface area contributed by atoms with Crippen molar-refractivity contribution in [3.8, 4) is 17.2 Å². The highest BCUT2D eigenvalue weighted by atomic mass is 35.5. The molecule has 2 aliphatic rings. The second-order valence-corrected chi connectivity index (χ2v) is 11.3. The molecule has 0 bridgehead atoms. The van der Waals surface area contributed by atoms with Crippen LogP contribution in [0.3, 0.4) is 0 Å². The quantitative estimate of drug-likeness (QED) is 0.270. The van der Waals surface area contributed by atoms with Crippen LogP contribution in [-0.2, 0) is 11.3 Å². The number of nitrogens with zero attached hydrogens (tertiary/aromatic N) is 3. The number of carboxylic acids is 1. The summed E-state index contributed by atoms with van der Waals surface area (Å²) in [5, 5.41) is 24.3. The zero-order valence-electron chi connectivity index (χ0n) is 20.7. The fourth-order valence-corrected chi connectivity index (χ4v) is 6.63. The van der Waals surface area contributed by atoms with E-state index in [0.717, 1.165) is 53.3 Å². The first-order chi connectivity index (χ1) is 18.3. The standard InChI is InChI=1S/C31H26ClN3O3/c32-27-9-8-25(28(36)11-21-12-31(13-21)14-24(15-31)30(37)38)29-26(27)17-34-35(29)18-19-4-6-22(7-5-19)23-3-1-2-20(10-23)16-33/h1-10,17,21,24H,11-15,18H2,(H,37,38). The van der Waals surface area contributed by atoms with Crippen molar-refractivity contribution in [2.45, 2.75) is 38.6 Å². The Morgan fingerprint density at radius 1 is 1.05 bits per heavy atom. The molecule has 38 heavy (non-hydrogen) atoms. The number of fused-ring (bicyclic) bond motifs is 1. The van der Waals surface area contributed by atoms with Crippen molar-refractivity contribution in [3.63, 3.8) is 0 Å². The summed E-state index contributed by atoms with van der Waals surface area (Å²) in [4.78, 5) is 24.6. The zero-order chi connectivity index (χ0) is 26.4. The largest absolute Gasteiger partial charge is 0.481 e. The van der Waals surface area contributed by atoms with Crippen LogP contribution in [0.25, 0.3) is 22.0 Å². The minimum atomic E-state index is -0.699. The van der Waals surface area contributed by atoms with Crippen LogP contribution in [0.2, 0.25) is 5.02 Å². The molecule has 1 N–H and O–H groups in total. The van der Waals surface area contributed by atoms with E-state index in [1.54, 1.807) is 24.4 Å². The smallest absolute Gasteiger partial charge is 0.306 e. The number of aliphatic carboxylic acids is 1. The molecule has 0 amide bonds. The van der Waals surface area contributed by atoms with Crippen molar-refractivity contribution in [1.82, 2.24) is 9.78 Å². The molecule has 2 fully saturated rings. The lowest BCUT2D eigenvalue weighted by Crippen LogP contribution is -2.50. The minimum Gasteiger partial charge on any atom is -0.481 e. The predicted octanol–water partition coefficient (Wildman–Crippen LogP) is 6.74. The molecule has 6 nitrogen and oxygen atoms in total. The molecular formula is C31H26ClN3O3. The number of hydrogen-bond donors (Lipinski definition) is 1. The van der Waals surface area contributed by atoms with Gasteiger partial charge in [0.05, 0.1) is 40.8 Å². The van der Waals surface area contributed by atoms with E-state index in [-0.39, 0.29) is 17.1 Å². The lowest BCUT2D eigenvalue weighted by molar-refractivity contribution is -0.157. The van der Waals surface area contributed by atoms with E-state index in [9.17, 15) is 20.0 Å². The lowest BCUT2D eigenvalue weighted by Gasteiger charge is -2.56. The van der Waals surface area contributed by atoms with Crippen LogP contribution in [0.4, 0.5) is 0 Å². The Kier molecular flexibility index (Phi) is 6.04. The summed E-state index contributed by atoms with van der Waals surface area (Å²) in [7, 11) is 0. The highest BCUT2D eigenvalue weighted by Crippen LogP contribution is 2.62. The van der Waals surface area contributed by atoms with Gasteiger partial charge < -0.3 is 5.11 Å². The molecule has 2 saturated carbocycles. The molecule has 3 aromatic carbocycles. The Balaban J connectivity index is 1.19. The summed E-state index contributed by atoms with van der Waals surface area (Å²) >= 11 is 6.48. The zero-order valence-corrected chi connectivity index (χ0v) is 21.5. The highest BCUT2D eigenvalue weighted by Gasteiger charge is 2.54. The van der Waals surface area contributed by atoms with Gasteiger partial charge in [-0.05, 0) is 78.0 Å². The third kappa shape index (κ3) is 4.37. The molecule has 0 unspecified atom stereocenters. The Morgan fingerprint density at radius 2 is 1.82 bits per heavy atom. The van der Waals surface area contributed by atoms with Crippen molar-refractivity contribution in [1.29, 1.82) is 5.26 Å². The molecule has 1 heterocycles. The maximum absolute atomic E-state index is 13.4. The van der Waals surface area contributed by atoms with Gasteiger partial charge in [-0.1, -0.05) is 48.0 Å². The number of rotatable bonds is 7. The van der Waals surface area contributed by atoms with E-state index >= 15 is 0 Å². The van der Waals surface area contributed by atoms with E-state index in [1.807, 2.05) is 47.1 Å². The second kappa shape index (κ2) is 9.41. The average molecular weight is 524 g/mol. The maximum Gasteiger partial charge on any atom is 0.306 e. The fourth-order valence-electron chi connectivity index (χ4n) is 6.43. The first-order valence-corrected chi connectivity index (χ1v) is 13.2. The van der Waals surface area contributed by atoms with Crippen LogP contribution in [0.1, 0.15) is 53.6 Å². The van der Waals surface area contributed by atoms with Crippen molar-refractivity contribution in [2.24, 2.45) is 17.3 Å². The number of benzene rings is 3. The normalized spacial score (nSPS) is 22.0. The summed E-state index contributed by atoms with van der Waals surface area (Å²) in [5.74, 6) is -0.537. The van der Waals surface area contributed by atoms with E-state index in [4.69, 9.17) is 11.6 Å². The highest BCUT2D eigenvalue weighted by molar-refractivity contribution is 6.36. The average Bonchev–Trinajstić information content (AvgIpc) is 3.29. The molecule has 1 aromatic heterocycles.